The molecule has 0 aliphatic carbocycles. The minimum absolute atomic E-state index is 0.0107. The Morgan fingerprint density at radius 2 is 2.03 bits per heavy atom. The number of carbonyl (C=O) groups is 2. The maximum Gasteiger partial charge on any atom is 0.322 e. The molecular formula is C26H28ClN3O3S. The lowest BCUT2D eigenvalue weighted by molar-refractivity contribution is -0.135. The third kappa shape index (κ3) is 5.54. The molecule has 0 spiro atoms. The summed E-state index contributed by atoms with van der Waals surface area (Å²) in [7, 11) is 0. The normalized spacial score (nSPS) is 14.9. The third-order valence-corrected chi connectivity index (χ3v) is 7.21. The predicted molar refractivity (Wildman–Crippen MR) is 137 cm³/mol. The van der Waals surface area contributed by atoms with Crippen molar-refractivity contribution in [2.24, 2.45) is 0 Å². The van der Waals surface area contributed by atoms with Gasteiger partial charge in [0.05, 0.1) is 6.04 Å². The molecule has 178 valence electrons. The third-order valence-electron chi connectivity index (χ3n) is 5.98. The number of carbonyl (C=O) groups excluding carboxylic acids is 2. The molecule has 0 saturated carbocycles. The van der Waals surface area contributed by atoms with E-state index in [2.05, 4.69) is 16.8 Å². The highest BCUT2D eigenvalue weighted by Gasteiger charge is 2.33. The van der Waals surface area contributed by atoms with Crippen LogP contribution in [0.25, 0.3) is 0 Å². The Morgan fingerprint density at radius 3 is 2.79 bits per heavy atom. The number of rotatable bonds is 7. The van der Waals surface area contributed by atoms with Crippen molar-refractivity contribution in [3.8, 4) is 5.75 Å². The van der Waals surface area contributed by atoms with Crippen LogP contribution in [0.3, 0.4) is 0 Å². The summed E-state index contributed by atoms with van der Waals surface area (Å²) in [6.07, 6.45) is 0.806. The van der Waals surface area contributed by atoms with Crippen LogP contribution in [-0.4, -0.2) is 48.0 Å². The average molecular weight is 498 g/mol. The first kappa shape index (κ1) is 24.1. The molecule has 34 heavy (non-hydrogen) atoms. The van der Waals surface area contributed by atoms with E-state index in [0.29, 0.717) is 30.4 Å². The molecular weight excluding hydrogens is 470 g/mol. The molecule has 1 aromatic heterocycles. The molecule has 4 rings (SSSR count). The second kappa shape index (κ2) is 10.9. The van der Waals surface area contributed by atoms with Gasteiger partial charge in [0.15, 0.2) is 0 Å². The second-order valence-corrected chi connectivity index (χ2v) is 9.62. The molecule has 1 N–H and O–H groups in total. The number of hydrogen-bond acceptors (Lipinski definition) is 4. The zero-order valence-corrected chi connectivity index (χ0v) is 20.9. The van der Waals surface area contributed by atoms with Gasteiger partial charge in [0.2, 0.25) is 5.91 Å². The van der Waals surface area contributed by atoms with Crippen LogP contribution in [0, 0.1) is 6.92 Å². The van der Waals surface area contributed by atoms with Gasteiger partial charge in [-0.05, 0) is 67.1 Å². The highest BCUT2D eigenvalue weighted by Crippen LogP contribution is 2.34. The van der Waals surface area contributed by atoms with Gasteiger partial charge in [-0.1, -0.05) is 35.9 Å². The Labute approximate surface area is 209 Å². The lowest BCUT2D eigenvalue weighted by atomic mass is 10.0. The molecule has 2 heterocycles. The molecule has 2 aromatic carbocycles. The van der Waals surface area contributed by atoms with Gasteiger partial charge in [0.25, 0.3) is 0 Å². The zero-order valence-electron chi connectivity index (χ0n) is 19.3. The minimum Gasteiger partial charge on any atom is -0.491 e. The number of urea groups is 1. The van der Waals surface area contributed by atoms with Gasteiger partial charge in [-0.3, -0.25) is 4.79 Å². The van der Waals surface area contributed by atoms with Crippen LogP contribution < -0.4 is 10.1 Å². The Bertz CT molecular complexity index is 1170. The van der Waals surface area contributed by atoms with Gasteiger partial charge < -0.3 is 19.9 Å². The molecule has 1 aliphatic rings. The first-order valence-corrected chi connectivity index (χ1v) is 12.6. The smallest absolute Gasteiger partial charge is 0.322 e. The fourth-order valence-electron chi connectivity index (χ4n) is 4.11. The molecule has 1 aliphatic heterocycles. The van der Waals surface area contributed by atoms with Crippen LogP contribution in [0.5, 0.6) is 5.75 Å². The van der Waals surface area contributed by atoms with Gasteiger partial charge in [-0.15, -0.1) is 11.3 Å². The van der Waals surface area contributed by atoms with Crippen molar-refractivity contribution in [3.63, 3.8) is 0 Å². The molecule has 0 bridgehead atoms. The minimum atomic E-state index is -0.334. The number of thiophene rings is 1. The largest absolute Gasteiger partial charge is 0.491 e. The van der Waals surface area contributed by atoms with Crippen molar-refractivity contribution < 1.29 is 14.3 Å². The Balaban J connectivity index is 1.47. The molecule has 0 radical (unpaired) electrons. The quantitative estimate of drug-likeness (QED) is 0.451. The Morgan fingerprint density at radius 1 is 1.21 bits per heavy atom. The molecule has 0 unspecified atom stereocenters. The first-order valence-electron chi connectivity index (χ1n) is 11.3. The molecule has 0 saturated heterocycles. The fraction of sp³-hybridized carbons (Fsp3) is 0.308. The number of halogens is 1. The van der Waals surface area contributed by atoms with Crippen molar-refractivity contribution in [3.05, 3.63) is 81.0 Å². The zero-order chi connectivity index (χ0) is 24.1. The van der Waals surface area contributed by atoms with E-state index < -0.39 is 0 Å². The van der Waals surface area contributed by atoms with Crippen LogP contribution in [0.1, 0.15) is 29.0 Å². The summed E-state index contributed by atoms with van der Waals surface area (Å²) >= 11 is 7.74. The number of anilines is 1. The summed E-state index contributed by atoms with van der Waals surface area (Å²) in [5.41, 5.74) is 2.77. The van der Waals surface area contributed by atoms with Crippen molar-refractivity contribution in [2.45, 2.75) is 26.3 Å². The van der Waals surface area contributed by atoms with E-state index in [1.165, 1.54) is 9.78 Å². The van der Waals surface area contributed by atoms with Crippen LogP contribution in [0.15, 0.2) is 60.0 Å². The molecule has 0 fully saturated rings. The maximum absolute atomic E-state index is 13.4. The van der Waals surface area contributed by atoms with E-state index in [1.807, 2.05) is 43.0 Å². The van der Waals surface area contributed by atoms with Crippen LogP contribution in [0.2, 0.25) is 5.02 Å². The lowest BCUT2D eigenvalue weighted by Gasteiger charge is -2.37. The number of amides is 3. The number of nitrogens with zero attached hydrogens (tertiary/aromatic N) is 2. The summed E-state index contributed by atoms with van der Waals surface area (Å²) in [4.78, 5) is 30.9. The van der Waals surface area contributed by atoms with Crippen LogP contribution in [0.4, 0.5) is 10.5 Å². The number of fused-ring (bicyclic) bond motifs is 1. The standard InChI is InChI=1S/C26H28ClN3O3S/c1-3-29(26(32)28-20-9-6-8-19(27)15-20)16-25(31)30-13-11-24-21(12-14-34-24)22(30)17-33-23-10-5-4-7-18(23)2/h4-10,12,14-15,22H,3,11,13,16-17H2,1-2H3,(H,28,32)/t22-/m1/s1. The number of para-hydroxylation sites is 1. The number of benzene rings is 2. The molecule has 6 nitrogen and oxygen atoms in total. The Hall–Kier alpha value is -3.03. The van der Waals surface area contributed by atoms with Gasteiger partial charge >= 0.3 is 6.03 Å². The number of nitrogens with one attached hydrogen (secondary N) is 1. The summed E-state index contributed by atoms with van der Waals surface area (Å²) in [5, 5.41) is 5.43. The van der Waals surface area contributed by atoms with E-state index in [1.54, 1.807) is 35.6 Å². The number of hydrogen-bond donors (Lipinski definition) is 1. The summed E-state index contributed by atoms with van der Waals surface area (Å²) < 4.78 is 6.16. The average Bonchev–Trinajstić information content (AvgIpc) is 3.31. The van der Waals surface area contributed by atoms with E-state index >= 15 is 0 Å². The highest BCUT2D eigenvalue weighted by atomic mass is 35.5. The van der Waals surface area contributed by atoms with Gasteiger partial charge in [-0.2, -0.15) is 0 Å². The Kier molecular flexibility index (Phi) is 7.75. The van der Waals surface area contributed by atoms with Crippen molar-refractivity contribution in [1.29, 1.82) is 0 Å². The summed E-state index contributed by atoms with van der Waals surface area (Å²) in [6.45, 7) is 5.22. The molecule has 1 atom stereocenters. The summed E-state index contributed by atoms with van der Waals surface area (Å²) in [5.74, 6) is 0.715. The number of ether oxygens (including phenoxy) is 1. The number of likely N-dealkylation sites (N-methyl/N-ethyl adjacent to an activating group) is 1. The van der Waals surface area contributed by atoms with Gasteiger partial charge in [-0.25, -0.2) is 4.79 Å². The molecule has 3 amide bonds. The predicted octanol–water partition coefficient (Wildman–Crippen LogP) is 5.77. The highest BCUT2D eigenvalue weighted by molar-refractivity contribution is 7.10. The second-order valence-electron chi connectivity index (χ2n) is 8.18. The first-order chi connectivity index (χ1) is 16.5. The monoisotopic (exact) mass is 497 g/mol. The summed E-state index contributed by atoms with van der Waals surface area (Å²) in [6, 6.07) is 16.4. The van der Waals surface area contributed by atoms with Crippen molar-refractivity contribution >= 4 is 40.6 Å². The van der Waals surface area contributed by atoms with E-state index in [-0.39, 0.29) is 24.5 Å². The van der Waals surface area contributed by atoms with Gasteiger partial charge in [0, 0.05) is 28.7 Å². The van der Waals surface area contributed by atoms with E-state index in [0.717, 1.165) is 23.3 Å². The molecule has 8 heteroatoms. The van der Waals surface area contributed by atoms with E-state index in [4.69, 9.17) is 16.3 Å². The van der Waals surface area contributed by atoms with Crippen LogP contribution in [-0.2, 0) is 11.2 Å². The van der Waals surface area contributed by atoms with Crippen molar-refractivity contribution in [2.75, 3.05) is 31.6 Å². The molecule has 3 aromatic rings. The van der Waals surface area contributed by atoms with Crippen LogP contribution >= 0.6 is 22.9 Å². The van der Waals surface area contributed by atoms with Gasteiger partial charge in [0.1, 0.15) is 18.9 Å². The SMILES string of the molecule is CCN(CC(=O)N1CCc2sccc2[C@H]1COc1ccccc1C)C(=O)Nc1cccc(Cl)c1. The lowest BCUT2D eigenvalue weighted by Crippen LogP contribution is -2.48. The topological polar surface area (TPSA) is 61.9 Å². The number of aryl methyl sites for hydroxylation is 1. The van der Waals surface area contributed by atoms with Crippen molar-refractivity contribution in [1.82, 2.24) is 9.80 Å². The fourth-order valence-corrected chi connectivity index (χ4v) is 5.23. The van der Waals surface area contributed by atoms with E-state index in [9.17, 15) is 9.59 Å². The maximum atomic E-state index is 13.4.